The number of fused-ring (bicyclic) bond motifs is 1. The monoisotopic (exact) mass is 228 g/mol. The standard InChI is InChI=1S/C15H20N2/c1-16-10-12-7-4-8-14-13(12)9-15(17-14)11-5-2-3-6-11/h4,7-9,11,16-17H,2-3,5-6,10H2,1H3. The largest absolute Gasteiger partial charge is 0.358 e. The van der Waals surface area contributed by atoms with E-state index in [1.54, 1.807) is 0 Å². The Morgan fingerprint density at radius 2 is 2.12 bits per heavy atom. The maximum Gasteiger partial charge on any atom is 0.0459 e. The molecule has 0 unspecified atom stereocenters. The molecule has 1 aromatic heterocycles. The minimum atomic E-state index is 0.768. The molecule has 2 aromatic rings. The molecule has 3 rings (SSSR count). The van der Waals surface area contributed by atoms with Gasteiger partial charge in [-0.2, -0.15) is 0 Å². The predicted octanol–water partition coefficient (Wildman–Crippen LogP) is 3.54. The van der Waals surface area contributed by atoms with Crippen molar-refractivity contribution in [1.29, 1.82) is 0 Å². The third-order valence-corrected chi connectivity index (χ3v) is 3.94. The molecule has 0 bridgehead atoms. The molecule has 0 atom stereocenters. The molecule has 0 radical (unpaired) electrons. The summed E-state index contributed by atoms with van der Waals surface area (Å²) in [4.78, 5) is 3.61. The average Bonchev–Trinajstić information content (AvgIpc) is 2.98. The van der Waals surface area contributed by atoms with E-state index in [0.717, 1.165) is 12.5 Å². The molecule has 1 fully saturated rings. The minimum Gasteiger partial charge on any atom is -0.358 e. The van der Waals surface area contributed by atoms with Crippen LogP contribution >= 0.6 is 0 Å². The molecule has 0 aliphatic heterocycles. The van der Waals surface area contributed by atoms with Crippen LogP contribution in [0.25, 0.3) is 10.9 Å². The average molecular weight is 228 g/mol. The summed E-state index contributed by atoms with van der Waals surface area (Å²) in [6.07, 6.45) is 5.50. The van der Waals surface area contributed by atoms with Gasteiger partial charge in [0.1, 0.15) is 0 Å². The van der Waals surface area contributed by atoms with E-state index in [9.17, 15) is 0 Å². The first-order chi connectivity index (χ1) is 8.38. The van der Waals surface area contributed by atoms with Crippen LogP contribution < -0.4 is 5.32 Å². The number of benzene rings is 1. The van der Waals surface area contributed by atoms with E-state index in [2.05, 4.69) is 34.6 Å². The van der Waals surface area contributed by atoms with Crippen molar-refractivity contribution in [1.82, 2.24) is 10.3 Å². The lowest BCUT2D eigenvalue weighted by atomic mass is 10.0. The topological polar surface area (TPSA) is 27.8 Å². The van der Waals surface area contributed by atoms with Crippen molar-refractivity contribution in [3.8, 4) is 0 Å². The van der Waals surface area contributed by atoms with Crippen LogP contribution in [0.2, 0.25) is 0 Å². The summed E-state index contributed by atoms with van der Waals surface area (Å²) in [6.45, 7) is 0.944. The Balaban J connectivity index is 2.02. The summed E-state index contributed by atoms with van der Waals surface area (Å²) < 4.78 is 0. The highest BCUT2D eigenvalue weighted by Gasteiger charge is 2.19. The molecule has 2 heteroatoms. The molecule has 1 heterocycles. The van der Waals surface area contributed by atoms with Gasteiger partial charge in [-0.05, 0) is 43.5 Å². The number of aromatic amines is 1. The van der Waals surface area contributed by atoms with Crippen molar-refractivity contribution in [2.24, 2.45) is 0 Å². The van der Waals surface area contributed by atoms with Crippen LogP contribution in [0.1, 0.15) is 42.9 Å². The summed E-state index contributed by atoms with van der Waals surface area (Å²) in [5.74, 6) is 0.768. The Bertz CT molecular complexity index is 507. The highest BCUT2D eigenvalue weighted by Crippen LogP contribution is 2.35. The van der Waals surface area contributed by atoms with Crippen molar-refractivity contribution < 1.29 is 0 Å². The number of hydrogen-bond acceptors (Lipinski definition) is 1. The Hall–Kier alpha value is -1.28. The normalized spacial score (nSPS) is 17.0. The van der Waals surface area contributed by atoms with Crippen molar-refractivity contribution in [3.05, 3.63) is 35.5 Å². The van der Waals surface area contributed by atoms with E-state index in [0.29, 0.717) is 0 Å². The highest BCUT2D eigenvalue weighted by molar-refractivity contribution is 5.84. The highest BCUT2D eigenvalue weighted by atomic mass is 14.8. The first kappa shape index (κ1) is 10.8. The summed E-state index contributed by atoms with van der Waals surface area (Å²) in [7, 11) is 2.00. The fourth-order valence-corrected chi connectivity index (χ4v) is 3.04. The molecule has 0 saturated heterocycles. The van der Waals surface area contributed by atoms with Crippen molar-refractivity contribution in [2.75, 3.05) is 7.05 Å². The van der Waals surface area contributed by atoms with Gasteiger partial charge < -0.3 is 10.3 Å². The van der Waals surface area contributed by atoms with Crippen LogP contribution in [0.3, 0.4) is 0 Å². The lowest BCUT2D eigenvalue weighted by molar-refractivity contribution is 0.705. The molecule has 1 aliphatic carbocycles. The van der Waals surface area contributed by atoms with Gasteiger partial charge in [-0.1, -0.05) is 25.0 Å². The van der Waals surface area contributed by atoms with Gasteiger partial charge in [0, 0.05) is 23.1 Å². The van der Waals surface area contributed by atoms with E-state index in [-0.39, 0.29) is 0 Å². The van der Waals surface area contributed by atoms with Gasteiger partial charge >= 0.3 is 0 Å². The molecular formula is C15H20N2. The number of aromatic nitrogens is 1. The molecule has 1 saturated carbocycles. The molecule has 2 N–H and O–H groups in total. The van der Waals surface area contributed by atoms with Gasteiger partial charge in [-0.15, -0.1) is 0 Å². The number of H-pyrrole nitrogens is 1. The van der Waals surface area contributed by atoms with Gasteiger partial charge in [0.05, 0.1) is 0 Å². The van der Waals surface area contributed by atoms with Gasteiger partial charge in [0.25, 0.3) is 0 Å². The van der Waals surface area contributed by atoms with Crippen LogP contribution in [-0.2, 0) is 6.54 Å². The van der Waals surface area contributed by atoms with Gasteiger partial charge in [0.2, 0.25) is 0 Å². The molecule has 1 aromatic carbocycles. The second-order valence-corrected chi connectivity index (χ2v) is 5.11. The van der Waals surface area contributed by atoms with Crippen LogP contribution in [0.15, 0.2) is 24.3 Å². The molecular weight excluding hydrogens is 208 g/mol. The second kappa shape index (κ2) is 4.53. The van der Waals surface area contributed by atoms with E-state index in [4.69, 9.17) is 0 Å². The zero-order valence-electron chi connectivity index (χ0n) is 10.4. The summed E-state index contributed by atoms with van der Waals surface area (Å²) in [5, 5.41) is 4.63. The maximum absolute atomic E-state index is 3.61. The van der Waals surface area contributed by atoms with Crippen LogP contribution in [0.5, 0.6) is 0 Å². The Labute approximate surface area is 102 Å². The first-order valence-electron chi connectivity index (χ1n) is 6.63. The van der Waals surface area contributed by atoms with E-state index in [1.165, 1.54) is 47.8 Å². The van der Waals surface area contributed by atoms with Gasteiger partial charge in [-0.3, -0.25) is 0 Å². The Morgan fingerprint density at radius 3 is 2.88 bits per heavy atom. The molecule has 1 aliphatic rings. The van der Waals surface area contributed by atoms with Gasteiger partial charge in [0.15, 0.2) is 0 Å². The lowest BCUT2D eigenvalue weighted by Crippen LogP contribution is -2.04. The van der Waals surface area contributed by atoms with Crippen LogP contribution in [0, 0.1) is 0 Å². The van der Waals surface area contributed by atoms with Crippen molar-refractivity contribution >= 4 is 10.9 Å². The fourth-order valence-electron chi connectivity index (χ4n) is 3.04. The zero-order chi connectivity index (χ0) is 11.7. The van der Waals surface area contributed by atoms with Crippen molar-refractivity contribution in [2.45, 2.75) is 38.1 Å². The Kier molecular flexibility index (Phi) is 2.89. The summed E-state index contributed by atoms with van der Waals surface area (Å²) in [6, 6.07) is 8.92. The molecule has 2 nitrogen and oxygen atoms in total. The first-order valence-corrected chi connectivity index (χ1v) is 6.63. The third-order valence-electron chi connectivity index (χ3n) is 3.94. The fraction of sp³-hybridized carbons (Fsp3) is 0.467. The Morgan fingerprint density at radius 1 is 1.29 bits per heavy atom. The molecule has 0 amide bonds. The number of nitrogens with one attached hydrogen (secondary N) is 2. The smallest absolute Gasteiger partial charge is 0.0459 e. The van der Waals surface area contributed by atoms with Crippen LogP contribution in [0.4, 0.5) is 0 Å². The SMILES string of the molecule is CNCc1cccc2[nH]c(C3CCCC3)cc12. The minimum absolute atomic E-state index is 0.768. The molecule has 0 spiro atoms. The van der Waals surface area contributed by atoms with Crippen LogP contribution in [-0.4, -0.2) is 12.0 Å². The van der Waals surface area contributed by atoms with E-state index in [1.807, 2.05) is 7.05 Å². The lowest BCUT2D eigenvalue weighted by Gasteiger charge is -2.04. The van der Waals surface area contributed by atoms with E-state index < -0.39 is 0 Å². The van der Waals surface area contributed by atoms with Crippen molar-refractivity contribution in [3.63, 3.8) is 0 Å². The van der Waals surface area contributed by atoms with Gasteiger partial charge in [-0.25, -0.2) is 0 Å². The summed E-state index contributed by atoms with van der Waals surface area (Å²) >= 11 is 0. The maximum atomic E-state index is 3.61. The van der Waals surface area contributed by atoms with E-state index >= 15 is 0 Å². The molecule has 17 heavy (non-hydrogen) atoms. The predicted molar refractivity (Wildman–Crippen MR) is 72.3 cm³/mol. The summed E-state index contributed by atoms with van der Waals surface area (Å²) in [5.41, 5.74) is 4.13. The second-order valence-electron chi connectivity index (χ2n) is 5.11. The number of hydrogen-bond donors (Lipinski definition) is 2. The quantitative estimate of drug-likeness (QED) is 0.826. The zero-order valence-corrected chi connectivity index (χ0v) is 10.4. The molecule has 90 valence electrons. The number of rotatable bonds is 3. The third kappa shape index (κ3) is 1.98.